The predicted octanol–water partition coefficient (Wildman–Crippen LogP) is 3.59. The SMILES string of the molecule is Cc1ccc(CCc2nc3cc(Br)ccn3n2)cc1. The van der Waals surface area contributed by atoms with Gasteiger partial charge in [-0.2, -0.15) is 5.10 Å². The van der Waals surface area contributed by atoms with Crippen molar-refractivity contribution in [3.63, 3.8) is 0 Å². The minimum atomic E-state index is 0.863. The Morgan fingerprint density at radius 1 is 1.11 bits per heavy atom. The maximum absolute atomic E-state index is 4.53. The van der Waals surface area contributed by atoms with Crippen molar-refractivity contribution in [2.75, 3.05) is 0 Å². The number of aromatic nitrogens is 3. The first-order valence-corrected chi connectivity index (χ1v) is 7.06. The molecule has 0 saturated heterocycles. The summed E-state index contributed by atoms with van der Waals surface area (Å²) in [6, 6.07) is 12.6. The lowest BCUT2D eigenvalue weighted by Crippen LogP contribution is -1.94. The summed E-state index contributed by atoms with van der Waals surface area (Å²) >= 11 is 3.44. The van der Waals surface area contributed by atoms with Gasteiger partial charge in [-0.15, -0.1) is 0 Å². The Bertz CT molecular complexity index is 701. The van der Waals surface area contributed by atoms with Crippen molar-refractivity contribution >= 4 is 21.6 Å². The van der Waals surface area contributed by atoms with Gasteiger partial charge in [0, 0.05) is 17.1 Å². The number of benzene rings is 1. The monoisotopic (exact) mass is 315 g/mol. The van der Waals surface area contributed by atoms with Crippen LogP contribution >= 0.6 is 15.9 Å². The van der Waals surface area contributed by atoms with Gasteiger partial charge in [-0.3, -0.25) is 0 Å². The molecule has 0 amide bonds. The van der Waals surface area contributed by atoms with Crippen LogP contribution in [0.15, 0.2) is 47.1 Å². The number of pyridine rings is 1. The lowest BCUT2D eigenvalue weighted by molar-refractivity contribution is 0.836. The Kier molecular flexibility index (Phi) is 3.34. The summed E-state index contributed by atoms with van der Waals surface area (Å²) in [6.45, 7) is 2.10. The highest BCUT2D eigenvalue weighted by molar-refractivity contribution is 9.10. The zero-order valence-electron chi connectivity index (χ0n) is 10.7. The minimum absolute atomic E-state index is 0.863. The van der Waals surface area contributed by atoms with Gasteiger partial charge in [-0.05, 0) is 31.0 Å². The topological polar surface area (TPSA) is 30.2 Å². The minimum Gasteiger partial charge on any atom is -0.221 e. The molecular formula is C15H14BrN3. The second kappa shape index (κ2) is 5.13. The normalized spacial score (nSPS) is 11.1. The average molecular weight is 316 g/mol. The molecule has 0 bridgehead atoms. The molecular weight excluding hydrogens is 302 g/mol. The lowest BCUT2D eigenvalue weighted by atomic mass is 10.1. The highest BCUT2D eigenvalue weighted by atomic mass is 79.9. The zero-order valence-corrected chi connectivity index (χ0v) is 12.3. The van der Waals surface area contributed by atoms with Crippen LogP contribution in [0.3, 0.4) is 0 Å². The van der Waals surface area contributed by atoms with Gasteiger partial charge in [0.05, 0.1) is 0 Å². The highest BCUT2D eigenvalue weighted by Crippen LogP contribution is 2.12. The number of fused-ring (bicyclic) bond motifs is 1. The van der Waals surface area contributed by atoms with Gasteiger partial charge >= 0.3 is 0 Å². The summed E-state index contributed by atoms with van der Waals surface area (Å²) in [7, 11) is 0. The third-order valence-corrected chi connectivity index (χ3v) is 3.59. The molecule has 0 atom stereocenters. The lowest BCUT2D eigenvalue weighted by Gasteiger charge is -1.99. The average Bonchev–Trinajstić information content (AvgIpc) is 2.80. The third kappa shape index (κ3) is 2.84. The summed E-state index contributed by atoms with van der Waals surface area (Å²) in [5.41, 5.74) is 3.50. The zero-order chi connectivity index (χ0) is 13.2. The Morgan fingerprint density at radius 3 is 2.68 bits per heavy atom. The van der Waals surface area contributed by atoms with Crippen LogP contribution < -0.4 is 0 Å². The van der Waals surface area contributed by atoms with Crippen molar-refractivity contribution in [1.29, 1.82) is 0 Å². The van der Waals surface area contributed by atoms with E-state index in [4.69, 9.17) is 0 Å². The number of aryl methyl sites for hydroxylation is 3. The molecule has 3 nitrogen and oxygen atoms in total. The van der Waals surface area contributed by atoms with Crippen molar-refractivity contribution in [2.24, 2.45) is 0 Å². The van der Waals surface area contributed by atoms with Gasteiger partial charge in [0.25, 0.3) is 0 Å². The number of hydrogen-bond acceptors (Lipinski definition) is 2. The van der Waals surface area contributed by atoms with Crippen molar-refractivity contribution in [3.05, 3.63) is 64.0 Å². The van der Waals surface area contributed by atoms with E-state index in [9.17, 15) is 0 Å². The first kappa shape index (κ1) is 12.4. The molecule has 0 spiro atoms. The molecule has 0 radical (unpaired) electrons. The van der Waals surface area contributed by atoms with Gasteiger partial charge in [0.15, 0.2) is 11.5 Å². The fraction of sp³-hybridized carbons (Fsp3) is 0.200. The van der Waals surface area contributed by atoms with E-state index >= 15 is 0 Å². The Morgan fingerprint density at radius 2 is 1.89 bits per heavy atom. The van der Waals surface area contributed by atoms with E-state index in [0.717, 1.165) is 28.8 Å². The molecule has 0 unspecified atom stereocenters. The molecule has 1 aromatic carbocycles. The fourth-order valence-electron chi connectivity index (χ4n) is 2.02. The van der Waals surface area contributed by atoms with Gasteiger partial charge < -0.3 is 0 Å². The molecule has 4 heteroatoms. The maximum atomic E-state index is 4.53. The molecule has 0 fully saturated rings. The summed E-state index contributed by atoms with van der Waals surface area (Å²) < 4.78 is 2.84. The molecule has 19 heavy (non-hydrogen) atoms. The molecule has 3 rings (SSSR count). The van der Waals surface area contributed by atoms with Crippen molar-refractivity contribution in [1.82, 2.24) is 14.6 Å². The third-order valence-electron chi connectivity index (χ3n) is 3.10. The second-order valence-electron chi connectivity index (χ2n) is 4.66. The van der Waals surface area contributed by atoms with Crippen LogP contribution in [0.25, 0.3) is 5.65 Å². The second-order valence-corrected chi connectivity index (χ2v) is 5.58. The number of hydrogen-bond donors (Lipinski definition) is 0. The summed E-state index contributed by atoms with van der Waals surface area (Å²) in [5, 5.41) is 4.47. The van der Waals surface area contributed by atoms with E-state index in [-0.39, 0.29) is 0 Å². The maximum Gasteiger partial charge on any atom is 0.156 e. The van der Waals surface area contributed by atoms with Crippen LogP contribution in [0.2, 0.25) is 0 Å². The van der Waals surface area contributed by atoms with Crippen LogP contribution in [-0.2, 0) is 12.8 Å². The summed E-state index contributed by atoms with van der Waals surface area (Å²) in [4.78, 5) is 4.53. The van der Waals surface area contributed by atoms with E-state index < -0.39 is 0 Å². The van der Waals surface area contributed by atoms with Crippen LogP contribution in [0.1, 0.15) is 17.0 Å². The van der Waals surface area contributed by atoms with E-state index in [1.165, 1.54) is 11.1 Å². The molecule has 3 aromatic rings. The standard InChI is InChI=1S/C15H14BrN3/c1-11-2-4-12(5-3-11)6-7-14-17-15-10-13(16)8-9-19(15)18-14/h2-5,8-10H,6-7H2,1H3. The first-order chi connectivity index (χ1) is 9.20. The molecule has 2 aromatic heterocycles. The Labute approximate surface area is 120 Å². The molecule has 0 aliphatic rings. The van der Waals surface area contributed by atoms with E-state index in [2.05, 4.69) is 57.2 Å². The quantitative estimate of drug-likeness (QED) is 0.739. The largest absolute Gasteiger partial charge is 0.221 e. The smallest absolute Gasteiger partial charge is 0.156 e. The van der Waals surface area contributed by atoms with Crippen LogP contribution in [0, 0.1) is 6.92 Å². The van der Waals surface area contributed by atoms with Crippen molar-refractivity contribution in [3.8, 4) is 0 Å². The Hall–Kier alpha value is -1.68. The summed E-state index contributed by atoms with van der Waals surface area (Å²) in [6.07, 6.45) is 3.75. The fourth-order valence-corrected chi connectivity index (χ4v) is 2.34. The Balaban J connectivity index is 1.76. The number of nitrogens with zero attached hydrogens (tertiary/aromatic N) is 3. The summed E-state index contributed by atoms with van der Waals surface area (Å²) in [5.74, 6) is 0.888. The number of rotatable bonds is 3. The van der Waals surface area contributed by atoms with Crippen LogP contribution in [0.4, 0.5) is 0 Å². The van der Waals surface area contributed by atoms with Crippen molar-refractivity contribution in [2.45, 2.75) is 19.8 Å². The van der Waals surface area contributed by atoms with Crippen molar-refractivity contribution < 1.29 is 0 Å². The molecule has 0 saturated carbocycles. The highest BCUT2D eigenvalue weighted by Gasteiger charge is 2.04. The molecule has 96 valence electrons. The molecule has 0 N–H and O–H groups in total. The predicted molar refractivity (Wildman–Crippen MR) is 79.3 cm³/mol. The van der Waals surface area contributed by atoms with Gasteiger partial charge in [0.2, 0.25) is 0 Å². The molecule has 2 heterocycles. The van der Waals surface area contributed by atoms with E-state index in [1.54, 1.807) is 0 Å². The van der Waals surface area contributed by atoms with E-state index in [1.807, 2.05) is 22.8 Å². The van der Waals surface area contributed by atoms with Gasteiger partial charge in [0.1, 0.15) is 0 Å². The molecule has 0 aliphatic heterocycles. The van der Waals surface area contributed by atoms with E-state index in [0.29, 0.717) is 0 Å². The molecule has 0 aliphatic carbocycles. The first-order valence-electron chi connectivity index (χ1n) is 6.27. The number of halogens is 1. The van der Waals surface area contributed by atoms with Crippen LogP contribution in [-0.4, -0.2) is 14.6 Å². The van der Waals surface area contributed by atoms with Gasteiger partial charge in [-0.25, -0.2) is 9.50 Å². The van der Waals surface area contributed by atoms with Gasteiger partial charge in [-0.1, -0.05) is 45.8 Å². The van der Waals surface area contributed by atoms with Crippen LogP contribution in [0.5, 0.6) is 0 Å².